The predicted molar refractivity (Wildman–Crippen MR) is 80.2 cm³/mol. The lowest BCUT2D eigenvalue weighted by molar-refractivity contribution is -0.115. The first-order valence-corrected chi connectivity index (χ1v) is 6.52. The number of nitrogens with one attached hydrogen (secondary N) is 1. The first kappa shape index (κ1) is 15.5. The highest BCUT2D eigenvalue weighted by molar-refractivity contribution is 6.03. The number of primary amides is 1. The Bertz CT molecular complexity index is 716. The lowest BCUT2D eigenvalue weighted by Crippen LogP contribution is -2.19. The van der Waals surface area contributed by atoms with Crippen LogP contribution in [0.15, 0.2) is 42.5 Å². The van der Waals surface area contributed by atoms with Crippen molar-refractivity contribution in [2.45, 2.75) is 6.42 Å². The van der Waals surface area contributed by atoms with Gasteiger partial charge in [-0.1, -0.05) is 18.2 Å². The van der Waals surface area contributed by atoms with Crippen molar-refractivity contribution < 1.29 is 18.7 Å². The number of carbonyl (C=O) groups is 2. The average Bonchev–Trinajstić information content (AvgIpc) is 2.47. The van der Waals surface area contributed by atoms with Crippen LogP contribution in [0.4, 0.5) is 10.1 Å². The molecule has 0 heterocycles. The molecule has 0 saturated carbocycles. The molecule has 0 spiro atoms. The minimum atomic E-state index is -0.633. The highest BCUT2D eigenvalue weighted by Gasteiger charge is 2.12. The maximum Gasteiger partial charge on any atom is 0.250 e. The second-order valence-corrected chi connectivity index (χ2v) is 4.60. The molecule has 0 aliphatic carbocycles. The summed E-state index contributed by atoms with van der Waals surface area (Å²) in [7, 11) is 1.37. The molecule has 114 valence electrons. The Hall–Kier alpha value is -2.89. The summed E-state index contributed by atoms with van der Waals surface area (Å²) in [6.07, 6.45) is -0.0337. The third-order valence-electron chi connectivity index (χ3n) is 3.05. The van der Waals surface area contributed by atoms with Gasteiger partial charge in [0.1, 0.15) is 0 Å². The molecular formula is C16H15FN2O3. The van der Waals surface area contributed by atoms with E-state index in [9.17, 15) is 14.0 Å². The van der Waals surface area contributed by atoms with Gasteiger partial charge in [0.2, 0.25) is 5.91 Å². The minimum absolute atomic E-state index is 0.0337. The molecule has 0 atom stereocenters. The molecule has 0 saturated heterocycles. The van der Waals surface area contributed by atoms with Gasteiger partial charge in [-0.25, -0.2) is 4.39 Å². The fourth-order valence-electron chi connectivity index (χ4n) is 2.01. The van der Waals surface area contributed by atoms with Gasteiger partial charge in [0, 0.05) is 0 Å². The molecule has 0 unspecified atom stereocenters. The van der Waals surface area contributed by atoms with Gasteiger partial charge in [-0.05, 0) is 29.8 Å². The zero-order valence-corrected chi connectivity index (χ0v) is 11.9. The van der Waals surface area contributed by atoms with E-state index in [-0.39, 0.29) is 23.6 Å². The molecule has 5 nitrogen and oxygen atoms in total. The van der Waals surface area contributed by atoms with Crippen molar-refractivity contribution in [3.8, 4) is 5.75 Å². The van der Waals surface area contributed by atoms with Gasteiger partial charge >= 0.3 is 0 Å². The summed E-state index contributed by atoms with van der Waals surface area (Å²) in [5.74, 6) is -1.43. The molecule has 0 aromatic heterocycles. The normalized spacial score (nSPS) is 10.1. The van der Waals surface area contributed by atoms with Crippen LogP contribution in [0.3, 0.4) is 0 Å². The average molecular weight is 302 g/mol. The highest BCUT2D eigenvalue weighted by Crippen LogP contribution is 2.19. The summed E-state index contributed by atoms with van der Waals surface area (Å²) >= 11 is 0. The molecule has 6 heteroatoms. The highest BCUT2D eigenvalue weighted by atomic mass is 19.1. The van der Waals surface area contributed by atoms with Gasteiger partial charge in [-0.3, -0.25) is 9.59 Å². The van der Waals surface area contributed by atoms with E-state index < -0.39 is 11.7 Å². The van der Waals surface area contributed by atoms with Gasteiger partial charge in [-0.2, -0.15) is 0 Å². The smallest absolute Gasteiger partial charge is 0.250 e. The van der Waals surface area contributed by atoms with Crippen molar-refractivity contribution >= 4 is 17.5 Å². The van der Waals surface area contributed by atoms with Crippen LogP contribution in [0.5, 0.6) is 5.75 Å². The predicted octanol–water partition coefficient (Wildman–Crippen LogP) is 2.11. The number of halogens is 1. The summed E-state index contributed by atoms with van der Waals surface area (Å²) in [6.45, 7) is 0. The standard InChI is InChI=1S/C16H15FN2O3/c1-22-14-7-6-10(8-12(14)17)9-15(20)19-13-5-3-2-4-11(13)16(18)21/h2-8H,9H2,1H3,(H2,18,21)(H,19,20). The van der Waals surface area contributed by atoms with Crippen molar-refractivity contribution in [1.29, 1.82) is 0 Å². The molecule has 0 fully saturated rings. The second-order valence-electron chi connectivity index (χ2n) is 4.60. The van der Waals surface area contributed by atoms with Crippen molar-refractivity contribution in [3.63, 3.8) is 0 Å². The van der Waals surface area contributed by atoms with Crippen LogP contribution in [-0.4, -0.2) is 18.9 Å². The number of methoxy groups -OCH3 is 1. The third-order valence-corrected chi connectivity index (χ3v) is 3.05. The van der Waals surface area contributed by atoms with Crippen LogP contribution < -0.4 is 15.8 Å². The Kier molecular flexibility index (Phi) is 4.73. The molecule has 0 radical (unpaired) electrons. The lowest BCUT2D eigenvalue weighted by Gasteiger charge is -2.09. The quantitative estimate of drug-likeness (QED) is 0.887. The first-order valence-electron chi connectivity index (χ1n) is 6.52. The monoisotopic (exact) mass is 302 g/mol. The van der Waals surface area contributed by atoms with E-state index >= 15 is 0 Å². The van der Waals surface area contributed by atoms with E-state index in [0.29, 0.717) is 11.3 Å². The number of hydrogen-bond donors (Lipinski definition) is 2. The number of hydrogen-bond acceptors (Lipinski definition) is 3. The third kappa shape index (κ3) is 3.60. The molecule has 0 bridgehead atoms. The van der Waals surface area contributed by atoms with Crippen LogP contribution in [0, 0.1) is 5.82 Å². The number of ether oxygens (including phenoxy) is 1. The van der Waals surface area contributed by atoms with Crippen LogP contribution in [-0.2, 0) is 11.2 Å². The number of benzene rings is 2. The molecule has 2 rings (SSSR count). The number of anilines is 1. The number of amides is 2. The van der Waals surface area contributed by atoms with E-state index in [1.165, 1.54) is 25.3 Å². The Balaban J connectivity index is 2.11. The number of rotatable bonds is 5. The summed E-state index contributed by atoms with van der Waals surface area (Å²) in [5.41, 5.74) is 6.28. The number of para-hydroxylation sites is 1. The Labute approximate surface area is 126 Å². The first-order chi connectivity index (χ1) is 10.5. The minimum Gasteiger partial charge on any atom is -0.494 e. The van der Waals surface area contributed by atoms with E-state index in [1.807, 2.05) is 0 Å². The van der Waals surface area contributed by atoms with Crippen molar-refractivity contribution in [3.05, 3.63) is 59.4 Å². The Morgan fingerprint density at radius 1 is 1.23 bits per heavy atom. The van der Waals surface area contributed by atoms with Crippen LogP contribution in [0.25, 0.3) is 0 Å². The van der Waals surface area contributed by atoms with Gasteiger partial charge in [-0.15, -0.1) is 0 Å². The van der Waals surface area contributed by atoms with Gasteiger partial charge in [0.25, 0.3) is 5.91 Å². The van der Waals surface area contributed by atoms with E-state index in [0.717, 1.165) is 0 Å². The number of nitrogens with two attached hydrogens (primary N) is 1. The van der Waals surface area contributed by atoms with Crippen LogP contribution in [0.1, 0.15) is 15.9 Å². The largest absolute Gasteiger partial charge is 0.494 e. The van der Waals surface area contributed by atoms with E-state index in [2.05, 4.69) is 5.32 Å². The van der Waals surface area contributed by atoms with Crippen LogP contribution in [0.2, 0.25) is 0 Å². The molecular weight excluding hydrogens is 287 g/mol. The maximum atomic E-state index is 13.6. The molecule has 2 amide bonds. The zero-order valence-electron chi connectivity index (χ0n) is 11.9. The van der Waals surface area contributed by atoms with Crippen molar-refractivity contribution in [1.82, 2.24) is 0 Å². The molecule has 0 aliphatic rings. The zero-order chi connectivity index (χ0) is 16.1. The molecule has 2 aromatic carbocycles. The fourth-order valence-corrected chi connectivity index (χ4v) is 2.01. The maximum absolute atomic E-state index is 13.6. The molecule has 2 aromatic rings. The molecule has 22 heavy (non-hydrogen) atoms. The topological polar surface area (TPSA) is 81.4 Å². The molecule has 0 aliphatic heterocycles. The number of carbonyl (C=O) groups excluding carboxylic acids is 2. The van der Waals surface area contributed by atoms with Gasteiger partial charge in [0.15, 0.2) is 11.6 Å². The fraction of sp³-hybridized carbons (Fsp3) is 0.125. The van der Waals surface area contributed by atoms with Crippen molar-refractivity contribution in [2.24, 2.45) is 5.73 Å². The van der Waals surface area contributed by atoms with E-state index in [1.54, 1.807) is 24.3 Å². The Morgan fingerprint density at radius 3 is 2.59 bits per heavy atom. The summed E-state index contributed by atoms with van der Waals surface area (Å²) in [5, 5.41) is 2.59. The van der Waals surface area contributed by atoms with Gasteiger partial charge < -0.3 is 15.8 Å². The van der Waals surface area contributed by atoms with Crippen molar-refractivity contribution in [2.75, 3.05) is 12.4 Å². The second kappa shape index (κ2) is 6.71. The van der Waals surface area contributed by atoms with Gasteiger partial charge in [0.05, 0.1) is 24.8 Å². The summed E-state index contributed by atoms with van der Waals surface area (Å²) in [6, 6.07) is 10.7. The van der Waals surface area contributed by atoms with Crippen LogP contribution >= 0.6 is 0 Å². The summed E-state index contributed by atoms with van der Waals surface area (Å²) < 4.78 is 18.4. The SMILES string of the molecule is COc1ccc(CC(=O)Nc2ccccc2C(N)=O)cc1F. The lowest BCUT2D eigenvalue weighted by atomic mass is 10.1. The summed E-state index contributed by atoms with van der Waals surface area (Å²) in [4.78, 5) is 23.3. The van der Waals surface area contributed by atoms with E-state index in [4.69, 9.17) is 10.5 Å². The Morgan fingerprint density at radius 2 is 1.95 bits per heavy atom. The molecule has 3 N–H and O–H groups in total.